The van der Waals surface area contributed by atoms with Crippen LogP contribution < -0.4 is 0 Å². The van der Waals surface area contributed by atoms with Crippen LogP contribution in [-0.4, -0.2) is 29.9 Å². The number of ether oxygens (including phenoxy) is 2. The quantitative estimate of drug-likeness (QED) is 0.315. The molecule has 0 spiro atoms. The Hall–Kier alpha value is -3.28. The summed E-state index contributed by atoms with van der Waals surface area (Å²) in [4.78, 5) is 12.3. The fourth-order valence-corrected chi connectivity index (χ4v) is 4.29. The van der Waals surface area contributed by atoms with Gasteiger partial charge in [-0.05, 0) is 77.2 Å². The van der Waals surface area contributed by atoms with E-state index in [4.69, 9.17) is 14.0 Å². The normalized spacial score (nSPS) is 20.3. The first kappa shape index (κ1) is 29.3. The molecule has 4 rings (SSSR count). The van der Waals surface area contributed by atoms with Gasteiger partial charge in [-0.25, -0.2) is 0 Å². The molecule has 0 saturated heterocycles. The molecule has 0 bridgehead atoms. The van der Waals surface area contributed by atoms with E-state index in [0.29, 0.717) is 18.8 Å². The van der Waals surface area contributed by atoms with Gasteiger partial charge in [0.1, 0.15) is 5.69 Å². The van der Waals surface area contributed by atoms with Gasteiger partial charge in [0.15, 0.2) is 17.8 Å². The molecule has 1 aliphatic heterocycles. The molecule has 5 nitrogen and oxygen atoms in total. The Morgan fingerprint density at radius 1 is 1.08 bits per heavy atom. The smallest absolute Gasteiger partial charge is 0.178 e. The molecule has 0 fully saturated rings. The Morgan fingerprint density at radius 2 is 1.79 bits per heavy atom. The van der Waals surface area contributed by atoms with Crippen LogP contribution in [0.4, 0.5) is 0 Å². The first-order valence-corrected chi connectivity index (χ1v) is 13.3. The summed E-state index contributed by atoms with van der Waals surface area (Å²) < 4.78 is 17.6. The Labute approximate surface area is 227 Å². The summed E-state index contributed by atoms with van der Waals surface area (Å²) in [6, 6.07) is 11.8. The molecular weight excluding hydrogens is 474 g/mol. The van der Waals surface area contributed by atoms with E-state index in [-0.39, 0.29) is 17.8 Å². The van der Waals surface area contributed by atoms with Crippen LogP contribution >= 0.6 is 0 Å². The van der Waals surface area contributed by atoms with Gasteiger partial charge < -0.3 is 14.0 Å². The van der Waals surface area contributed by atoms with Gasteiger partial charge in [-0.3, -0.25) is 4.79 Å². The Balaban J connectivity index is 0.000000383. The van der Waals surface area contributed by atoms with Crippen molar-refractivity contribution in [1.29, 1.82) is 0 Å². The topological polar surface area (TPSA) is 61.6 Å². The highest BCUT2D eigenvalue weighted by molar-refractivity contribution is 5.97. The van der Waals surface area contributed by atoms with E-state index in [1.54, 1.807) is 0 Å². The van der Waals surface area contributed by atoms with E-state index in [9.17, 15) is 4.79 Å². The molecule has 2 heterocycles. The summed E-state index contributed by atoms with van der Waals surface area (Å²) >= 11 is 0. The van der Waals surface area contributed by atoms with Crippen molar-refractivity contribution in [3.63, 3.8) is 0 Å². The lowest BCUT2D eigenvalue weighted by atomic mass is 9.79. The number of aromatic nitrogens is 1. The summed E-state index contributed by atoms with van der Waals surface area (Å²) in [6.07, 6.45) is 8.79. The molecule has 3 atom stereocenters. The third-order valence-corrected chi connectivity index (χ3v) is 6.46. The van der Waals surface area contributed by atoms with Crippen LogP contribution in [0.1, 0.15) is 66.0 Å². The van der Waals surface area contributed by atoms with Crippen LogP contribution in [0.5, 0.6) is 0 Å². The maximum absolute atomic E-state index is 12.3. The number of fused-ring (bicyclic) bond motifs is 1. The SMILES string of the molecule is C=C(C)CCC=C(C)C.C=C(C)CCO[C@@H]1C=C(c2cc(-c3ccccc3)on2)[C@H]2CC(=O)C(C)=CC2O1. The van der Waals surface area contributed by atoms with Gasteiger partial charge in [-0.15, -0.1) is 13.2 Å². The third-order valence-electron chi connectivity index (χ3n) is 6.46. The van der Waals surface area contributed by atoms with Crippen molar-refractivity contribution in [2.24, 2.45) is 5.92 Å². The van der Waals surface area contributed by atoms with Gasteiger partial charge in [0.25, 0.3) is 0 Å². The third kappa shape index (κ3) is 8.64. The number of hydrogen-bond acceptors (Lipinski definition) is 5. The number of hydrogen-bond donors (Lipinski definition) is 0. The largest absolute Gasteiger partial charge is 0.356 e. The Kier molecular flexibility index (Phi) is 10.8. The monoisotopic (exact) mass is 515 g/mol. The van der Waals surface area contributed by atoms with Crippen LogP contribution in [0, 0.1) is 5.92 Å². The maximum Gasteiger partial charge on any atom is 0.178 e. The van der Waals surface area contributed by atoms with Crippen molar-refractivity contribution in [2.75, 3.05) is 6.61 Å². The average molecular weight is 516 g/mol. The molecule has 2 aromatic rings. The highest BCUT2D eigenvalue weighted by atomic mass is 16.7. The average Bonchev–Trinajstić information content (AvgIpc) is 3.35. The fourth-order valence-electron chi connectivity index (χ4n) is 4.29. The minimum absolute atomic E-state index is 0.0964. The van der Waals surface area contributed by atoms with Crippen LogP contribution in [0.2, 0.25) is 0 Å². The van der Waals surface area contributed by atoms with Crippen molar-refractivity contribution < 1.29 is 18.8 Å². The summed E-state index contributed by atoms with van der Waals surface area (Å²) in [7, 11) is 0. The molecule has 5 heteroatoms. The molecule has 0 N–H and O–H groups in total. The second-order valence-electron chi connectivity index (χ2n) is 10.5. The predicted octanol–water partition coefficient (Wildman–Crippen LogP) is 8.28. The van der Waals surface area contributed by atoms with Crippen molar-refractivity contribution in [3.05, 3.63) is 95.8 Å². The van der Waals surface area contributed by atoms with Crippen molar-refractivity contribution in [3.8, 4) is 11.3 Å². The molecule has 2 aliphatic rings. The molecule has 1 unspecified atom stereocenters. The lowest BCUT2D eigenvalue weighted by Crippen LogP contribution is -2.38. The summed E-state index contributed by atoms with van der Waals surface area (Å²) in [5.74, 6) is 0.730. The zero-order valence-corrected chi connectivity index (χ0v) is 23.5. The van der Waals surface area contributed by atoms with Gasteiger partial charge in [0, 0.05) is 24.0 Å². The molecule has 0 saturated carbocycles. The standard InChI is InChI=1S/C24H25NO4.C9H16/c1-15(2)9-10-27-24-13-18(19-12-21(26)16(3)11-23(19)28-24)20-14-22(29-25-20)17-7-5-4-6-8-17;1-8(2)6-5-7-9(3)4/h4-8,11,13-14,19,23-24H,1,9-10,12H2,2-3H3;7H,1,5-6H2,2-4H3/t19-,23?,24+;/m1./s1. The highest BCUT2D eigenvalue weighted by Crippen LogP contribution is 2.40. The van der Waals surface area contributed by atoms with E-state index in [1.807, 2.05) is 62.4 Å². The number of allylic oxidation sites excluding steroid dienone is 4. The second-order valence-corrected chi connectivity index (χ2v) is 10.5. The Bertz CT molecular complexity index is 1210. The van der Waals surface area contributed by atoms with E-state index in [0.717, 1.165) is 47.2 Å². The molecule has 202 valence electrons. The molecule has 0 amide bonds. The number of rotatable bonds is 9. The van der Waals surface area contributed by atoms with Gasteiger partial charge in [-0.1, -0.05) is 58.3 Å². The second kappa shape index (κ2) is 14.0. The summed E-state index contributed by atoms with van der Waals surface area (Å²) in [6.45, 7) is 18.4. The van der Waals surface area contributed by atoms with Gasteiger partial charge in [0.2, 0.25) is 0 Å². The van der Waals surface area contributed by atoms with E-state index < -0.39 is 6.29 Å². The van der Waals surface area contributed by atoms with Crippen LogP contribution in [-0.2, 0) is 14.3 Å². The molecule has 1 aromatic heterocycles. The van der Waals surface area contributed by atoms with Crippen LogP contribution in [0.15, 0.2) is 94.6 Å². The number of nitrogens with zero attached hydrogens (tertiary/aromatic N) is 1. The first-order chi connectivity index (χ1) is 18.1. The summed E-state index contributed by atoms with van der Waals surface area (Å²) in [5.41, 5.74) is 7.08. The fraction of sp³-hybridized carbons (Fsp3) is 0.394. The Morgan fingerprint density at radius 3 is 2.45 bits per heavy atom. The van der Waals surface area contributed by atoms with Crippen molar-refractivity contribution >= 4 is 11.4 Å². The zero-order chi connectivity index (χ0) is 27.7. The molecular formula is C33H41NO4. The highest BCUT2D eigenvalue weighted by Gasteiger charge is 2.38. The van der Waals surface area contributed by atoms with E-state index >= 15 is 0 Å². The maximum atomic E-state index is 12.3. The van der Waals surface area contributed by atoms with Crippen molar-refractivity contribution in [2.45, 2.75) is 72.7 Å². The molecule has 38 heavy (non-hydrogen) atoms. The minimum atomic E-state index is -0.500. The van der Waals surface area contributed by atoms with Gasteiger partial charge in [-0.2, -0.15) is 0 Å². The number of Topliss-reactive ketones (excluding diaryl/α,β-unsaturated/α-hetero) is 1. The molecule has 1 aliphatic carbocycles. The van der Waals surface area contributed by atoms with E-state index in [2.05, 4.69) is 45.2 Å². The number of ketones is 1. The number of carbonyl (C=O) groups is 1. The first-order valence-electron chi connectivity index (χ1n) is 13.3. The predicted molar refractivity (Wildman–Crippen MR) is 154 cm³/mol. The minimum Gasteiger partial charge on any atom is -0.356 e. The zero-order valence-electron chi connectivity index (χ0n) is 23.5. The molecule has 0 radical (unpaired) electrons. The van der Waals surface area contributed by atoms with Crippen molar-refractivity contribution in [1.82, 2.24) is 5.16 Å². The van der Waals surface area contributed by atoms with Crippen LogP contribution in [0.3, 0.4) is 0 Å². The van der Waals surface area contributed by atoms with Crippen LogP contribution in [0.25, 0.3) is 16.9 Å². The van der Waals surface area contributed by atoms with Gasteiger partial charge >= 0.3 is 0 Å². The van der Waals surface area contributed by atoms with Gasteiger partial charge in [0.05, 0.1) is 12.7 Å². The molecule has 1 aromatic carbocycles. The number of carbonyl (C=O) groups excluding carboxylic acids is 1. The lowest BCUT2D eigenvalue weighted by molar-refractivity contribution is -0.148. The summed E-state index contributed by atoms with van der Waals surface area (Å²) in [5, 5.41) is 4.29. The lowest BCUT2D eigenvalue weighted by Gasteiger charge is -2.36. The van der Waals surface area contributed by atoms with E-state index in [1.165, 1.54) is 11.1 Å². The number of benzene rings is 1.